The van der Waals surface area contributed by atoms with E-state index in [0.29, 0.717) is 24.4 Å². The molecule has 0 aliphatic carbocycles. The zero-order valence-corrected chi connectivity index (χ0v) is 12.9. The Morgan fingerprint density at radius 1 is 1.30 bits per heavy atom. The molecule has 112 valence electrons. The molecule has 0 fully saturated rings. The molecule has 20 heavy (non-hydrogen) atoms. The first-order valence-corrected chi connectivity index (χ1v) is 6.87. The van der Waals surface area contributed by atoms with E-state index in [1.54, 1.807) is 25.6 Å². The van der Waals surface area contributed by atoms with E-state index in [-0.39, 0.29) is 18.4 Å². The molecule has 6 heteroatoms. The summed E-state index contributed by atoms with van der Waals surface area (Å²) in [5.74, 6) is -0.545. The smallest absolute Gasteiger partial charge is 0.325 e. The Balaban J connectivity index is 2.96. The molecule has 1 aromatic rings. The van der Waals surface area contributed by atoms with Gasteiger partial charge in [0.1, 0.15) is 6.54 Å². The van der Waals surface area contributed by atoms with Crippen LogP contribution in [0.3, 0.4) is 0 Å². The largest absolute Gasteiger partial charge is 0.465 e. The number of amides is 1. The van der Waals surface area contributed by atoms with Gasteiger partial charge in [-0.3, -0.25) is 14.3 Å². The van der Waals surface area contributed by atoms with Crippen molar-refractivity contribution in [2.45, 2.75) is 34.1 Å². The van der Waals surface area contributed by atoms with Gasteiger partial charge in [-0.05, 0) is 27.2 Å². The van der Waals surface area contributed by atoms with Crippen LogP contribution in [0.4, 0.5) is 0 Å². The predicted molar refractivity (Wildman–Crippen MR) is 75.5 cm³/mol. The normalized spacial score (nSPS) is 10.4. The summed E-state index contributed by atoms with van der Waals surface area (Å²) in [6, 6.07) is 0. The summed E-state index contributed by atoms with van der Waals surface area (Å²) in [4.78, 5) is 25.7. The number of hydrogen-bond donors (Lipinski definition) is 0. The van der Waals surface area contributed by atoms with Gasteiger partial charge in [0.2, 0.25) is 0 Å². The highest BCUT2D eigenvalue weighted by Gasteiger charge is 2.24. The number of aromatic nitrogens is 2. The average molecular weight is 281 g/mol. The molecule has 0 radical (unpaired) electrons. The summed E-state index contributed by atoms with van der Waals surface area (Å²) < 4.78 is 6.59. The zero-order chi connectivity index (χ0) is 15.3. The number of ether oxygens (including phenoxy) is 1. The van der Waals surface area contributed by atoms with Gasteiger partial charge >= 0.3 is 5.97 Å². The second-order valence-corrected chi connectivity index (χ2v) is 4.70. The van der Waals surface area contributed by atoms with Crippen LogP contribution in [0.1, 0.15) is 42.0 Å². The maximum atomic E-state index is 12.6. The Labute approximate surface area is 119 Å². The van der Waals surface area contributed by atoms with Gasteiger partial charge in [0, 0.05) is 19.3 Å². The predicted octanol–water partition coefficient (Wildman–Crippen LogP) is 1.45. The molecule has 1 aromatic heterocycles. The average Bonchev–Trinajstić information content (AvgIpc) is 2.62. The molecule has 0 unspecified atom stereocenters. The SMILES string of the molecule is CCCN(CC(=O)OCC)C(=O)c1c(C)nn(C)c1C. The molecule has 0 aliphatic heterocycles. The molecule has 0 bridgehead atoms. The minimum atomic E-state index is -0.381. The monoisotopic (exact) mass is 281 g/mol. The van der Waals surface area contributed by atoms with E-state index in [0.717, 1.165) is 12.1 Å². The minimum absolute atomic E-state index is 0.0196. The standard InChI is InChI=1S/C14H23N3O3/c1-6-8-17(9-12(18)20-7-2)14(19)13-10(3)15-16(5)11(13)4/h6-9H2,1-5H3. The fraction of sp³-hybridized carbons (Fsp3) is 0.643. The number of carbonyl (C=O) groups is 2. The van der Waals surface area contributed by atoms with Crippen LogP contribution in [0.5, 0.6) is 0 Å². The van der Waals surface area contributed by atoms with Crippen molar-refractivity contribution in [1.82, 2.24) is 14.7 Å². The summed E-state index contributed by atoms with van der Waals surface area (Å²) in [5.41, 5.74) is 2.06. The highest BCUT2D eigenvalue weighted by Crippen LogP contribution is 2.15. The van der Waals surface area contributed by atoms with Gasteiger partial charge in [0.05, 0.1) is 17.9 Å². The maximum Gasteiger partial charge on any atom is 0.325 e. The molecular weight excluding hydrogens is 258 g/mol. The molecule has 1 amide bonds. The van der Waals surface area contributed by atoms with Crippen LogP contribution >= 0.6 is 0 Å². The van der Waals surface area contributed by atoms with Gasteiger partial charge in [-0.15, -0.1) is 0 Å². The van der Waals surface area contributed by atoms with Gasteiger partial charge in [-0.25, -0.2) is 0 Å². The Kier molecular flexibility index (Phi) is 5.73. The van der Waals surface area contributed by atoms with Crippen molar-refractivity contribution in [1.29, 1.82) is 0 Å². The molecule has 6 nitrogen and oxygen atoms in total. The summed E-state index contributed by atoms with van der Waals surface area (Å²) in [5, 5.41) is 4.24. The number of nitrogens with zero attached hydrogens (tertiary/aromatic N) is 3. The minimum Gasteiger partial charge on any atom is -0.465 e. The quantitative estimate of drug-likeness (QED) is 0.740. The summed E-state index contributed by atoms with van der Waals surface area (Å²) in [6.45, 7) is 8.18. The fourth-order valence-corrected chi connectivity index (χ4v) is 2.13. The number of carbonyl (C=O) groups excluding carboxylic acids is 2. The van der Waals surface area contributed by atoms with E-state index >= 15 is 0 Å². The molecule has 1 rings (SSSR count). The van der Waals surface area contributed by atoms with E-state index in [4.69, 9.17) is 4.74 Å². The van der Waals surface area contributed by atoms with E-state index in [1.807, 2.05) is 13.8 Å². The van der Waals surface area contributed by atoms with Crippen molar-refractivity contribution in [2.24, 2.45) is 7.05 Å². The van der Waals surface area contributed by atoms with Crippen LogP contribution in [0.15, 0.2) is 0 Å². The molecule has 0 N–H and O–H groups in total. The summed E-state index contributed by atoms with van der Waals surface area (Å²) in [7, 11) is 1.80. The second kappa shape index (κ2) is 7.07. The Hall–Kier alpha value is -1.85. The lowest BCUT2D eigenvalue weighted by molar-refractivity contribution is -0.143. The summed E-state index contributed by atoms with van der Waals surface area (Å²) in [6.07, 6.45) is 0.781. The molecule has 0 spiro atoms. The van der Waals surface area contributed by atoms with Crippen LogP contribution in [0.25, 0.3) is 0 Å². The van der Waals surface area contributed by atoms with Crippen LogP contribution in [0, 0.1) is 13.8 Å². The van der Waals surface area contributed by atoms with Crippen molar-refractivity contribution < 1.29 is 14.3 Å². The van der Waals surface area contributed by atoms with Crippen molar-refractivity contribution in [3.05, 3.63) is 17.0 Å². The van der Waals surface area contributed by atoms with Crippen molar-refractivity contribution in [3.8, 4) is 0 Å². The Morgan fingerprint density at radius 3 is 2.40 bits per heavy atom. The van der Waals surface area contributed by atoms with Crippen molar-refractivity contribution in [3.63, 3.8) is 0 Å². The van der Waals surface area contributed by atoms with Crippen molar-refractivity contribution >= 4 is 11.9 Å². The Bertz CT molecular complexity index is 494. The maximum absolute atomic E-state index is 12.6. The van der Waals surface area contributed by atoms with Gasteiger partial charge in [0.25, 0.3) is 5.91 Å². The lowest BCUT2D eigenvalue weighted by Gasteiger charge is -2.21. The lowest BCUT2D eigenvalue weighted by atomic mass is 10.1. The third kappa shape index (κ3) is 3.59. The zero-order valence-electron chi connectivity index (χ0n) is 12.9. The van der Waals surface area contributed by atoms with Crippen LogP contribution in [-0.2, 0) is 16.6 Å². The van der Waals surface area contributed by atoms with E-state index in [9.17, 15) is 9.59 Å². The van der Waals surface area contributed by atoms with E-state index < -0.39 is 0 Å². The van der Waals surface area contributed by atoms with Crippen LogP contribution in [0.2, 0.25) is 0 Å². The second-order valence-electron chi connectivity index (χ2n) is 4.70. The number of hydrogen-bond acceptors (Lipinski definition) is 4. The summed E-state index contributed by atoms with van der Waals surface area (Å²) >= 11 is 0. The highest BCUT2D eigenvalue weighted by molar-refractivity contribution is 5.97. The van der Waals surface area contributed by atoms with E-state index in [1.165, 1.54) is 4.90 Å². The first-order chi connectivity index (χ1) is 9.42. The number of aryl methyl sites for hydroxylation is 2. The van der Waals surface area contributed by atoms with Crippen LogP contribution < -0.4 is 0 Å². The van der Waals surface area contributed by atoms with Gasteiger partial charge in [0.15, 0.2) is 0 Å². The van der Waals surface area contributed by atoms with Gasteiger partial charge in [-0.2, -0.15) is 5.10 Å². The fourth-order valence-electron chi connectivity index (χ4n) is 2.13. The Morgan fingerprint density at radius 2 is 1.95 bits per heavy atom. The molecular formula is C14H23N3O3. The third-order valence-corrected chi connectivity index (χ3v) is 3.13. The highest BCUT2D eigenvalue weighted by atomic mass is 16.5. The molecule has 0 atom stereocenters. The van der Waals surface area contributed by atoms with Crippen molar-refractivity contribution in [2.75, 3.05) is 19.7 Å². The van der Waals surface area contributed by atoms with E-state index in [2.05, 4.69) is 5.10 Å². The van der Waals surface area contributed by atoms with Gasteiger partial charge < -0.3 is 9.64 Å². The topological polar surface area (TPSA) is 64.4 Å². The van der Waals surface area contributed by atoms with Crippen LogP contribution in [-0.4, -0.2) is 46.3 Å². The molecule has 0 saturated heterocycles. The molecule has 0 aromatic carbocycles. The lowest BCUT2D eigenvalue weighted by Crippen LogP contribution is -2.37. The molecule has 1 heterocycles. The number of esters is 1. The molecule has 0 aliphatic rings. The first-order valence-electron chi connectivity index (χ1n) is 6.87. The third-order valence-electron chi connectivity index (χ3n) is 3.13. The molecule has 0 saturated carbocycles. The van der Waals surface area contributed by atoms with Gasteiger partial charge in [-0.1, -0.05) is 6.92 Å². The first kappa shape index (κ1) is 16.2. The number of rotatable bonds is 6.